The second-order valence-electron chi connectivity index (χ2n) is 6.11. The number of anilines is 1. The fourth-order valence-corrected chi connectivity index (χ4v) is 2.63. The van der Waals surface area contributed by atoms with Crippen LogP contribution in [0.2, 0.25) is 0 Å². The second-order valence-corrected chi connectivity index (χ2v) is 6.11. The molecule has 132 valence electrons. The Hall–Kier alpha value is -3.34. The predicted octanol–water partition coefficient (Wildman–Crippen LogP) is 4.11. The maximum Gasteiger partial charge on any atom is 0.291 e. The van der Waals surface area contributed by atoms with E-state index in [1.165, 1.54) is 6.26 Å². The van der Waals surface area contributed by atoms with Gasteiger partial charge in [-0.15, -0.1) is 0 Å². The number of nitrogens with zero attached hydrogens (tertiary/aromatic N) is 1. The van der Waals surface area contributed by atoms with Gasteiger partial charge in [-0.05, 0) is 42.3 Å². The lowest BCUT2D eigenvalue weighted by atomic mass is 10.1. The van der Waals surface area contributed by atoms with E-state index in [9.17, 15) is 9.59 Å². The fraction of sp³-hybridized carbons (Fsp3) is 0.143. The van der Waals surface area contributed by atoms with Crippen molar-refractivity contribution in [1.29, 1.82) is 0 Å². The van der Waals surface area contributed by atoms with Gasteiger partial charge in [-0.25, -0.2) is 0 Å². The van der Waals surface area contributed by atoms with Crippen LogP contribution in [0.15, 0.2) is 71.3 Å². The van der Waals surface area contributed by atoms with Gasteiger partial charge in [0.15, 0.2) is 5.76 Å². The lowest BCUT2D eigenvalue weighted by molar-refractivity contribution is 0.0784. The van der Waals surface area contributed by atoms with Crippen LogP contribution >= 0.6 is 0 Å². The first-order valence-electron chi connectivity index (χ1n) is 8.29. The van der Waals surface area contributed by atoms with Gasteiger partial charge in [-0.1, -0.05) is 36.4 Å². The first-order valence-corrected chi connectivity index (χ1v) is 8.29. The molecule has 5 heteroatoms. The molecule has 1 heterocycles. The van der Waals surface area contributed by atoms with Crippen LogP contribution in [0.1, 0.15) is 32.0 Å². The summed E-state index contributed by atoms with van der Waals surface area (Å²) in [6.45, 7) is 2.39. The van der Waals surface area contributed by atoms with Gasteiger partial charge in [0.05, 0.1) is 6.26 Å². The van der Waals surface area contributed by atoms with Crippen LogP contribution < -0.4 is 5.32 Å². The summed E-state index contributed by atoms with van der Waals surface area (Å²) in [7, 11) is 1.76. The SMILES string of the molecule is Cc1ccc(C(=O)N(C)Cc2ccccc2)cc1NC(=O)c1ccco1. The first kappa shape index (κ1) is 17.5. The largest absolute Gasteiger partial charge is 0.459 e. The van der Waals surface area contributed by atoms with Gasteiger partial charge in [0.1, 0.15) is 0 Å². The number of carbonyl (C=O) groups is 2. The quantitative estimate of drug-likeness (QED) is 0.755. The van der Waals surface area contributed by atoms with Crippen LogP contribution in [0.3, 0.4) is 0 Å². The number of aryl methyl sites for hydroxylation is 1. The summed E-state index contributed by atoms with van der Waals surface area (Å²) in [4.78, 5) is 26.6. The average molecular weight is 348 g/mol. The molecule has 26 heavy (non-hydrogen) atoms. The van der Waals surface area contributed by atoms with Gasteiger partial charge in [-0.3, -0.25) is 9.59 Å². The highest BCUT2D eigenvalue weighted by molar-refractivity contribution is 6.03. The summed E-state index contributed by atoms with van der Waals surface area (Å²) >= 11 is 0. The Morgan fingerprint density at radius 3 is 2.50 bits per heavy atom. The highest BCUT2D eigenvalue weighted by atomic mass is 16.3. The molecule has 0 aliphatic carbocycles. The number of hydrogen-bond donors (Lipinski definition) is 1. The van der Waals surface area contributed by atoms with Crippen LogP contribution in [0.4, 0.5) is 5.69 Å². The van der Waals surface area contributed by atoms with E-state index >= 15 is 0 Å². The van der Waals surface area contributed by atoms with Crippen molar-refractivity contribution >= 4 is 17.5 Å². The monoisotopic (exact) mass is 348 g/mol. The van der Waals surface area contributed by atoms with Crippen molar-refractivity contribution in [2.45, 2.75) is 13.5 Å². The number of rotatable bonds is 5. The topological polar surface area (TPSA) is 62.6 Å². The van der Waals surface area contributed by atoms with E-state index in [0.29, 0.717) is 17.8 Å². The number of furan rings is 1. The van der Waals surface area contributed by atoms with Crippen LogP contribution in [-0.4, -0.2) is 23.8 Å². The molecule has 0 atom stereocenters. The Balaban J connectivity index is 1.75. The minimum Gasteiger partial charge on any atom is -0.459 e. The van der Waals surface area contributed by atoms with Gasteiger partial charge in [0.2, 0.25) is 0 Å². The van der Waals surface area contributed by atoms with Crippen molar-refractivity contribution in [3.63, 3.8) is 0 Å². The molecular formula is C21H20N2O3. The molecule has 0 fully saturated rings. The van der Waals surface area contributed by atoms with E-state index in [1.807, 2.05) is 43.3 Å². The standard InChI is InChI=1S/C21H20N2O3/c1-15-10-11-17(13-18(15)22-20(24)19-9-6-12-26-19)21(25)23(2)14-16-7-4-3-5-8-16/h3-13H,14H2,1-2H3,(H,22,24). The molecule has 2 amide bonds. The molecule has 1 N–H and O–H groups in total. The van der Waals surface area contributed by atoms with Gasteiger partial charge < -0.3 is 14.6 Å². The van der Waals surface area contributed by atoms with Crippen LogP contribution in [0, 0.1) is 6.92 Å². The number of hydrogen-bond acceptors (Lipinski definition) is 3. The molecule has 0 saturated heterocycles. The second kappa shape index (κ2) is 7.70. The van der Waals surface area contributed by atoms with Crippen molar-refractivity contribution in [2.75, 3.05) is 12.4 Å². The minimum atomic E-state index is -0.347. The normalized spacial score (nSPS) is 10.4. The number of carbonyl (C=O) groups excluding carboxylic acids is 2. The Morgan fingerprint density at radius 1 is 1.04 bits per heavy atom. The molecule has 3 aromatic rings. The number of amides is 2. The van der Waals surface area contributed by atoms with E-state index in [1.54, 1.807) is 36.2 Å². The third-order valence-corrected chi connectivity index (χ3v) is 4.09. The Morgan fingerprint density at radius 2 is 1.81 bits per heavy atom. The van der Waals surface area contributed by atoms with E-state index in [0.717, 1.165) is 11.1 Å². The summed E-state index contributed by atoms with van der Waals surface area (Å²) in [6.07, 6.45) is 1.44. The van der Waals surface area contributed by atoms with Gasteiger partial charge in [0.25, 0.3) is 11.8 Å². The van der Waals surface area contributed by atoms with E-state index in [2.05, 4.69) is 5.32 Å². The summed E-state index contributed by atoms with van der Waals surface area (Å²) in [5, 5.41) is 2.79. The van der Waals surface area contributed by atoms with Crippen molar-refractivity contribution in [2.24, 2.45) is 0 Å². The molecule has 0 aliphatic rings. The highest BCUT2D eigenvalue weighted by Gasteiger charge is 2.15. The molecule has 0 unspecified atom stereocenters. The first-order chi connectivity index (χ1) is 12.5. The molecular weight excluding hydrogens is 328 g/mol. The van der Waals surface area contributed by atoms with Crippen molar-refractivity contribution < 1.29 is 14.0 Å². The number of nitrogens with one attached hydrogen (secondary N) is 1. The molecule has 3 rings (SSSR count). The molecule has 0 bridgehead atoms. The Labute approximate surface area is 152 Å². The molecule has 2 aromatic carbocycles. The lowest BCUT2D eigenvalue weighted by Crippen LogP contribution is -2.26. The molecule has 0 radical (unpaired) electrons. The molecule has 0 spiro atoms. The molecule has 0 saturated carbocycles. The van der Waals surface area contributed by atoms with Crippen LogP contribution in [-0.2, 0) is 6.54 Å². The van der Waals surface area contributed by atoms with Gasteiger partial charge in [0, 0.05) is 24.8 Å². The zero-order valence-electron chi connectivity index (χ0n) is 14.7. The maximum absolute atomic E-state index is 12.7. The Bertz CT molecular complexity index is 902. The van der Waals surface area contributed by atoms with E-state index in [4.69, 9.17) is 4.42 Å². The fourth-order valence-electron chi connectivity index (χ4n) is 2.63. The zero-order chi connectivity index (χ0) is 18.5. The van der Waals surface area contributed by atoms with E-state index < -0.39 is 0 Å². The molecule has 0 aliphatic heterocycles. The lowest BCUT2D eigenvalue weighted by Gasteiger charge is -2.18. The number of benzene rings is 2. The molecule has 5 nitrogen and oxygen atoms in total. The van der Waals surface area contributed by atoms with Crippen molar-refractivity contribution in [3.05, 3.63) is 89.4 Å². The van der Waals surface area contributed by atoms with Crippen molar-refractivity contribution in [1.82, 2.24) is 4.90 Å². The predicted molar refractivity (Wildman–Crippen MR) is 100 cm³/mol. The minimum absolute atomic E-state index is 0.109. The summed E-state index contributed by atoms with van der Waals surface area (Å²) in [6, 6.07) is 18.3. The summed E-state index contributed by atoms with van der Waals surface area (Å²) < 4.78 is 5.10. The van der Waals surface area contributed by atoms with Gasteiger partial charge >= 0.3 is 0 Å². The third-order valence-electron chi connectivity index (χ3n) is 4.09. The van der Waals surface area contributed by atoms with Crippen LogP contribution in [0.25, 0.3) is 0 Å². The van der Waals surface area contributed by atoms with Crippen molar-refractivity contribution in [3.8, 4) is 0 Å². The summed E-state index contributed by atoms with van der Waals surface area (Å²) in [5.41, 5.74) is 3.03. The Kier molecular flexibility index (Phi) is 5.17. The maximum atomic E-state index is 12.7. The molecule has 1 aromatic heterocycles. The third kappa shape index (κ3) is 4.00. The van der Waals surface area contributed by atoms with Gasteiger partial charge in [-0.2, -0.15) is 0 Å². The average Bonchev–Trinajstić information content (AvgIpc) is 3.18. The van der Waals surface area contributed by atoms with Crippen LogP contribution in [0.5, 0.6) is 0 Å². The zero-order valence-corrected chi connectivity index (χ0v) is 14.7. The van der Waals surface area contributed by atoms with E-state index in [-0.39, 0.29) is 17.6 Å². The smallest absolute Gasteiger partial charge is 0.291 e. The summed E-state index contributed by atoms with van der Waals surface area (Å²) in [5.74, 6) is -0.231. The highest BCUT2D eigenvalue weighted by Crippen LogP contribution is 2.19.